The van der Waals surface area contributed by atoms with E-state index in [2.05, 4.69) is 4.74 Å². The standard InChI is InChI=1S/C10H18N2O3/c1-15-10(14)12-6-4-2-3-5-8(12)9(13)7-11/h8H,2-7,11H2,1H3. The van der Waals surface area contributed by atoms with Crippen LogP contribution in [0.2, 0.25) is 0 Å². The van der Waals surface area contributed by atoms with E-state index in [1.54, 1.807) is 0 Å². The van der Waals surface area contributed by atoms with Gasteiger partial charge >= 0.3 is 6.09 Å². The van der Waals surface area contributed by atoms with Crippen LogP contribution in [0.1, 0.15) is 25.7 Å². The van der Waals surface area contributed by atoms with E-state index in [0.717, 1.165) is 19.3 Å². The van der Waals surface area contributed by atoms with Crippen molar-refractivity contribution in [2.24, 2.45) is 5.73 Å². The maximum atomic E-state index is 11.6. The number of carbonyl (C=O) groups excluding carboxylic acids is 2. The number of ether oxygens (including phenoxy) is 1. The molecule has 1 rings (SSSR count). The second kappa shape index (κ2) is 5.70. The first-order valence-corrected chi connectivity index (χ1v) is 5.28. The Morgan fingerprint density at radius 2 is 2.13 bits per heavy atom. The van der Waals surface area contributed by atoms with Gasteiger partial charge in [0.05, 0.1) is 19.7 Å². The fraction of sp³-hybridized carbons (Fsp3) is 0.800. The lowest BCUT2D eigenvalue weighted by Gasteiger charge is -2.27. The zero-order chi connectivity index (χ0) is 11.3. The topological polar surface area (TPSA) is 72.6 Å². The largest absolute Gasteiger partial charge is 0.453 e. The van der Waals surface area contributed by atoms with Gasteiger partial charge in [-0.15, -0.1) is 0 Å². The Hall–Kier alpha value is -1.10. The molecule has 2 N–H and O–H groups in total. The van der Waals surface area contributed by atoms with E-state index >= 15 is 0 Å². The van der Waals surface area contributed by atoms with Crippen LogP contribution in [0.3, 0.4) is 0 Å². The van der Waals surface area contributed by atoms with Crippen LogP contribution in [0.5, 0.6) is 0 Å². The summed E-state index contributed by atoms with van der Waals surface area (Å²) in [6.45, 7) is 0.571. The first-order chi connectivity index (χ1) is 7.20. The van der Waals surface area contributed by atoms with Crippen LogP contribution in [0.25, 0.3) is 0 Å². The molecule has 1 fully saturated rings. The molecule has 1 aliphatic heterocycles. The van der Waals surface area contributed by atoms with Gasteiger partial charge in [0.2, 0.25) is 0 Å². The number of nitrogens with two attached hydrogens (primary N) is 1. The molecule has 5 heteroatoms. The number of carbonyl (C=O) groups is 2. The number of nitrogens with zero attached hydrogens (tertiary/aromatic N) is 1. The van der Waals surface area contributed by atoms with Crippen LogP contribution in [0.4, 0.5) is 4.79 Å². The van der Waals surface area contributed by atoms with Crippen molar-refractivity contribution >= 4 is 11.9 Å². The van der Waals surface area contributed by atoms with E-state index in [1.165, 1.54) is 12.0 Å². The lowest BCUT2D eigenvalue weighted by molar-refractivity contribution is -0.122. The minimum Gasteiger partial charge on any atom is -0.453 e. The van der Waals surface area contributed by atoms with E-state index < -0.39 is 6.09 Å². The number of hydrogen-bond acceptors (Lipinski definition) is 4. The van der Waals surface area contributed by atoms with Crippen molar-refractivity contribution in [2.45, 2.75) is 31.7 Å². The molecule has 0 bridgehead atoms. The monoisotopic (exact) mass is 214 g/mol. The molecule has 0 aliphatic carbocycles. The zero-order valence-electron chi connectivity index (χ0n) is 9.07. The third-order valence-corrected chi connectivity index (χ3v) is 2.73. The van der Waals surface area contributed by atoms with Crippen LogP contribution < -0.4 is 5.73 Å². The average Bonchev–Trinajstić information content (AvgIpc) is 2.52. The van der Waals surface area contributed by atoms with Crippen molar-refractivity contribution in [1.82, 2.24) is 4.90 Å². The SMILES string of the molecule is COC(=O)N1CCCCCC1C(=O)CN. The van der Waals surface area contributed by atoms with Gasteiger partial charge in [0.25, 0.3) is 0 Å². The van der Waals surface area contributed by atoms with Crippen LogP contribution in [0, 0.1) is 0 Å². The van der Waals surface area contributed by atoms with Gasteiger partial charge in [-0.2, -0.15) is 0 Å². The summed E-state index contributed by atoms with van der Waals surface area (Å²) in [6.07, 6.45) is 3.20. The van der Waals surface area contributed by atoms with Gasteiger partial charge in [0.1, 0.15) is 0 Å². The molecule has 0 spiro atoms. The van der Waals surface area contributed by atoms with E-state index in [9.17, 15) is 9.59 Å². The molecular formula is C10H18N2O3. The third kappa shape index (κ3) is 2.92. The molecule has 1 heterocycles. The van der Waals surface area contributed by atoms with Crippen LogP contribution in [-0.4, -0.2) is 43.0 Å². The summed E-state index contributed by atoms with van der Waals surface area (Å²) in [5, 5.41) is 0. The summed E-state index contributed by atoms with van der Waals surface area (Å²) in [6, 6.07) is -0.384. The van der Waals surface area contributed by atoms with Gasteiger partial charge in [0.15, 0.2) is 5.78 Å². The fourth-order valence-corrected chi connectivity index (χ4v) is 1.91. The highest BCUT2D eigenvalue weighted by atomic mass is 16.5. The number of hydrogen-bond donors (Lipinski definition) is 1. The number of Topliss-reactive ketones (excluding diaryl/α,β-unsaturated/α-hetero) is 1. The molecule has 1 amide bonds. The van der Waals surface area contributed by atoms with E-state index in [-0.39, 0.29) is 18.4 Å². The predicted octanol–water partition coefficient (Wildman–Crippen LogP) is 0.525. The summed E-state index contributed by atoms with van der Waals surface area (Å²) in [5.41, 5.74) is 5.33. The number of rotatable bonds is 2. The van der Waals surface area contributed by atoms with Crippen LogP contribution in [-0.2, 0) is 9.53 Å². The second-order valence-electron chi connectivity index (χ2n) is 3.70. The van der Waals surface area contributed by atoms with Gasteiger partial charge < -0.3 is 10.5 Å². The normalized spacial score (nSPS) is 22.0. The average molecular weight is 214 g/mol. The zero-order valence-corrected chi connectivity index (χ0v) is 9.07. The molecule has 0 radical (unpaired) electrons. The van der Waals surface area contributed by atoms with Gasteiger partial charge in [-0.25, -0.2) is 4.79 Å². The summed E-state index contributed by atoms with van der Waals surface area (Å²) in [7, 11) is 1.33. The lowest BCUT2D eigenvalue weighted by Crippen LogP contribution is -2.46. The number of likely N-dealkylation sites (tertiary alicyclic amines) is 1. The predicted molar refractivity (Wildman–Crippen MR) is 55.4 cm³/mol. The first-order valence-electron chi connectivity index (χ1n) is 5.28. The molecule has 0 aromatic heterocycles. The molecule has 1 unspecified atom stereocenters. The lowest BCUT2D eigenvalue weighted by atomic mass is 10.1. The highest BCUT2D eigenvalue weighted by Crippen LogP contribution is 2.18. The molecule has 86 valence electrons. The molecule has 1 saturated heterocycles. The van der Waals surface area contributed by atoms with Gasteiger partial charge in [-0.1, -0.05) is 12.8 Å². The summed E-state index contributed by atoms with van der Waals surface area (Å²) in [4.78, 5) is 24.5. The summed E-state index contributed by atoms with van der Waals surface area (Å²) < 4.78 is 4.66. The quantitative estimate of drug-likeness (QED) is 0.727. The van der Waals surface area contributed by atoms with Crippen molar-refractivity contribution in [2.75, 3.05) is 20.2 Å². The third-order valence-electron chi connectivity index (χ3n) is 2.73. The number of ketones is 1. The van der Waals surface area contributed by atoms with Crippen molar-refractivity contribution < 1.29 is 14.3 Å². The van der Waals surface area contributed by atoms with Crippen LogP contribution in [0.15, 0.2) is 0 Å². The summed E-state index contributed by atoms with van der Waals surface area (Å²) >= 11 is 0. The van der Waals surface area contributed by atoms with Crippen molar-refractivity contribution in [3.8, 4) is 0 Å². The Morgan fingerprint density at radius 3 is 2.73 bits per heavy atom. The van der Waals surface area contributed by atoms with Crippen LogP contribution >= 0.6 is 0 Å². The molecular weight excluding hydrogens is 196 g/mol. The highest BCUT2D eigenvalue weighted by molar-refractivity contribution is 5.88. The Bertz CT molecular complexity index is 219. The Kier molecular flexibility index (Phi) is 4.55. The molecule has 1 atom stereocenters. The molecule has 0 aromatic rings. The fourth-order valence-electron chi connectivity index (χ4n) is 1.91. The summed E-state index contributed by atoms with van der Waals surface area (Å²) in [5.74, 6) is -0.0812. The van der Waals surface area contributed by atoms with E-state index in [4.69, 9.17) is 5.73 Å². The van der Waals surface area contributed by atoms with Gasteiger partial charge in [-0.05, 0) is 12.8 Å². The number of methoxy groups -OCH3 is 1. The molecule has 15 heavy (non-hydrogen) atoms. The molecule has 0 aromatic carbocycles. The van der Waals surface area contributed by atoms with Crippen molar-refractivity contribution in [3.63, 3.8) is 0 Å². The molecule has 1 aliphatic rings. The van der Waals surface area contributed by atoms with E-state index in [0.29, 0.717) is 13.0 Å². The van der Waals surface area contributed by atoms with Gasteiger partial charge in [0, 0.05) is 6.54 Å². The smallest absolute Gasteiger partial charge is 0.410 e. The molecule has 5 nitrogen and oxygen atoms in total. The second-order valence-corrected chi connectivity index (χ2v) is 3.70. The molecule has 0 saturated carbocycles. The minimum atomic E-state index is -0.427. The maximum absolute atomic E-state index is 11.6. The Balaban J connectivity index is 2.75. The Labute approximate surface area is 89.6 Å². The van der Waals surface area contributed by atoms with Crippen molar-refractivity contribution in [3.05, 3.63) is 0 Å². The minimum absolute atomic E-state index is 0.0157. The number of amides is 1. The first kappa shape index (κ1) is 12.0. The maximum Gasteiger partial charge on any atom is 0.410 e. The Morgan fingerprint density at radius 1 is 1.40 bits per heavy atom. The van der Waals surface area contributed by atoms with E-state index in [1.807, 2.05) is 0 Å². The van der Waals surface area contributed by atoms with Gasteiger partial charge in [-0.3, -0.25) is 9.69 Å². The highest BCUT2D eigenvalue weighted by Gasteiger charge is 2.30. The van der Waals surface area contributed by atoms with Crippen molar-refractivity contribution in [1.29, 1.82) is 0 Å².